The molecule has 0 spiro atoms. The molecular formula is C21H17N3OS. The molecule has 128 valence electrons. The van der Waals surface area contributed by atoms with Crippen molar-refractivity contribution in [3.8, 4) is 22.2 Å². The molecule has 4 aromatic rings. The summed E-state index contributed by atoms with van der Waals surface area (Å²) in [4.78, 5) is 6.90. The van der Waals surface area contributed by atoms with Gasteiger partial charge in [0.05, 0.1) is 28.8 Å². The summed E-state index contributed by atoms with van der Waals surface area (Å²) in [5.74, 6) is 0. The lowest BCUT2D eigenvalue weighted by Crippen LogP contribution is -1.97. The molecule has 0 amide bonds. The van der Waals surface area contributed by atoms with Gasteiger partial charge in [-0.15, -0.1) is 11.3 Å². The van der Waals surface area contributed by atoms with Crippen LogP contribution in [0, 0.1) is 18.3 Å². The molecule has 4 rings (SSSR count). The minimum Gasteiger partial charge on any atom is -0.380 e. The van der Waals surface area contributed by atoms with Crippen molar-refractivity contribution < 1.29 is 4.74 Å². The van der Waals surface area contributed by atoms with Crippen molar-refractivity contribution >= 4 is 21.6 Å². The van der Waals surface area contributed by atoms with Crippen molar-refractivity contribution in [1.82, 2.24) is 9.55 Å². The summed E-state index contributed by atoms with van der Waals surface area (Å²) in [6.07, 6.45) is 4.09. The third-order valence-corrected chi connectivity index (χ3v) is 5.41. The minimum atomic E-state index is 0.539. The average molecular weight is 359 g/mol. The lowest BCUT2D eigenvalue weighted by atomic mass is 10.1. The number of hydrogen-bond donors (Lipinski definition) is 0. The van der Waals surface area contributed by atoms with E-state index in [0.717, 1.165) is 37.6 Å². The maximum absolute atomic E-state index is 9.07. The Morgan fingerprint density at radius 3 is 2.58 bits per heavy atom. The summed E-state index contributed by atoms with van der Waals surface area (Å²) in [6.45, 7) is 2.55. The minimum absolute atomic E-state index is 0.539. The number of hydrogen-bond acceptors (Lipinski definition) is 4. The lowest BCUT2D eigenvalue weighted by molar-refractivity contribution is 0.186. The summed E-state index contributed by atoms with van der Waals surface area (Å²) < 4.78 is 7.57. The highest BCUT2D eigenvalue weighted by Gasteiger charge is 2.19. The Bertz CT molecular complexity index is 1100. The zero-order valence-electron chi connectivity index (χ0n) is 14.6. The highest BCUT2D eigenvalue weighted by atomic mass is 32.1. The number of aryl methyl sites for hydroxylation is 1. The summed E-state index contributed by atoms with van der Waals surface area (Å²) in [5.41, 5.74) is 4.97. The topological polar surface area (TPSA) is 50.8 Å². The van der Waals surface area contributed by atoms with E-state index in [1.54, 1.807) is 18.4 Å². The third kappa shape index (κ3) is 2.80. The number of rotatable bonds is 4. The van der Waals surface area contributed by atoms with Crippen LogP contribution in [0.1, 0.15) is 16.8 Å². The van der Waals surface area contributed by atoms with Crippen LogP contribution in [0.25, 0.3) is 26.3 Å². The quantitative estimate of drug-likeness (QED) is 0.510. The van der Waals surface area contributed by atoms with Crippen LogP contribution in [0.5, 0.6) is 0 Å². The van der Waals surface area contributed by atoms with E-state index in [4.69, 9.17) is 15.0 Å². The van der Waals surface area contributed by atoms with Gasteiger partial charge in [0, 0.05) is 30.6 Å². The molecule has 26 heavy (non-hydrogen) atoms. The van der Waals surface area contributed by atoms with E-state index in [0.29, 0.717) is 12.2 Å². The predicted molar refractivity (Wildman–Crippen MR) is 105 cm³/mol. The molecule has 0 radical (unpaired) electrons. The standard InChI is InChI=1S/C21H17N3OS/c1-14-11-17(13-25-2)18-19(24-9-3-4-10-24)20(26-21(18)23-14)16-7-5-15(12-22)6-8-16/h3-11H,13H2,1-2H3. The Kier molecular flexibility index (Phi) is 4.29. The molecule has 0 aliphatic rings. The molecule has 0 saturated carbocycles. The van der Waals surface area contributed by atoms with E-state index < -0.39 is 0 Å². The SMILES string of the molecule is COCc1cc(C)nc2sc(-c3ccc(C#N)cc3)c(-n3cccc3)c12. The van der Waals surface area contributed by atoms with E-state index in [2.05, 4.69) is 16.7 Å². The molecule has 3 aromatic heterocycles. The van der Waals surface area contributed by atoms with Crippen molar-refractivity contribution in [2.24, 2.45) is 0 Å². The number of nitrogens with zero attached hydrogens (tertiary/aromatic N) is 3. The van der Waals surface area contributed by atoms with Gasteiger partial charge in [-0.05, 0) is 48.4 Å². The zero-order valence-corrected chi connectivity index (χ0v) is 15.4. The molecule has 0 unspecified atom stereocenters. The Hall–Kier alpha value is -2.94. The van der Waals surface area contributed by atoms with Gasteiger partial charge in [-0.3, -0.25) is 0 Å². The van der Waals surface area contributed by atoms with Gasteiger partial charge < -0.3 is 9.30 Å². The molecule has 5 heteroatoms. The van der Waals surface area contributed by atoms with Crippen LogP contribution in [0.4, 0.5) is 0 Å². The first-order valence-electron chi connectivity index (χ1n) is 8.27. The summed E-state index contributed by atoms with van der Waals surface area (Å²) >= 11 is 1.67. The van der Waals surface area contributed by atoms with Gasteiger partial charge in [0.2, 0.25) is 0 Å². The summed E-state index contributed by atoms with van der Waals surface area (Å²) in [7, 11) is 1.71. The molecule has 0 bridgehead atoms. The van der Waals surface area contributed by atoms with Crippen molar-refractivity contribution in [2.75, 3.05) is 7.11 Å². The monoisotopic (exact) mass is 359 g/mol. The van der Waals surface area contributed by atoms with E-state index in [1.165, 1.54) is 0 Å². The second-order valence-electron chi connectivity index (χ2n) is 6.10. The maximum atomic E-state index is 9.07. The number of ether oxygens (including phenoxy) is 1. The molecule has 0 saturated heterocycles. The molecule has 0 aliphatic heterocycles. The van der Waals surface area contributed by atoms with Crippen LogP contribution < -0.4 is 0 Å². The fourth-order valence-electron chi connectivity index (χ4n) is 3.19. The van der Waals surface area contributed by atoms with Crippen LogP contribution in [0.3, 0.4) is 0 Å². The number of nitriles is 1. The van der Waals surface area contributed by atoms with Gasteiger partial charge in [0.25, 0.3) is 0 Å². The summed E-state index contributed by atoms with van der Waals surface area (Å²) in [6, 6.07) is 16.0. The second-order valence-corrected chi connectivity index (χ2v) is 7.09. The fourth-order valence-corrected chi connectivity index (χ4v) is 4.46. The number of thiophene rings is 1. The smallest absolute Gasteiger partial charge is 0.126 e. The normalized spacial score (nSPS) is 11.0. The second kappa shape index (κ2) is 6.75. The number of aromatic nitrogens is 2. The Balaban J connectivity index is 2.04. The van der Waals surface area contributed by atoms with E-state index in [-0.39, 0.29) is 0 Å². The average Bonchev–Trinajstić information content (AvgIpc) is 3.29. The Labute approximate surface area is 155 Å². The van der Waals surface area contributed by atoms with Crippen molar-refractivity contribution in [3.05, 3.63) is 71.7 Å². The Morgan fingerprint density at radius 1 is 1.19 bits per heavy atom. The molecule has 0 aliphatic carbocycles. The molecule has 1 aromatic carbocycles. The van der Waals surface area contributed by atoms with Gasteiger partial charge in [-0.25, -0.2) is 4.98 Å². The maximum Gasteiger partial charge on any atom is 0.126 e. The van der Waals surface area contributed by atoms with Crippen LogP contribution in [0.2, 0.25) is 0 Å². The van der Waals surface area contributed by atoms with E-state index in [1.807, 2.05) is 55.7 Å². The largest absolute Gasteiger partial charge is 0.380 e. The summed E-state index contributed by atoms with van der Waals surface area (Å²) in [5, 5.41) is 10.2. The van der Waals surface area contributed by atoms with Crippen LogP contribution in [-0.2, 0) is 11.3 Å². The highest BCUT2D eigenvalue weighted by Crippen LogP contribution is 2.42. The first kappa shape index (κ1) is 16.5. The molecular weight excluding hydrogens is 342 g/mol. The van der Waals surface area contributed by atoms with Crippen molar-refractivity contribution in [1.29, 1.82) is 5.26 Å². The predicted octanol–water partition coefficient (Wildman–Crippen LogP) is 5.08. The van der Waals surface area contributed by atoms with E-state index >= 15 is 0 Å². The molecule has 0 atom stereocenters. The van der Waals surface area contributed by atoms with Crippen LogP contribution >= 0.6 is 11.3 Å². The van der Waals surface area contributed by atoms with Crippen molar-refractivity contribution in [3.63, 3.8) is 0 Å². The first-order chi connectivity index (χ1) is 12.7. The van der Waals surface area contributed by atoms with Crippen molar-refractivity contribution in [2.45, 2.75) is 13.5 Å². The van der Waals surface area contributed by atoms with Crippen LogP contribution in [0.15, 0.2) is 54.9 Å². The number of benzene rings is 1. The molecule has 0 N–H and O–H groups in total. The lowest BCUT2D eigenvalue weighted by Gasteiger charge is -2.10. The molecule has 4 nitrogen and oxygen atoms in total. The highest BCUT2D eigenvalue weighted by molar-refractivity contribution is 7.22. The Morgan fingerprint density at radius 2 is 1.92 bits per heavy atom. The number of methoxy groups -OCH3 is 1. The van der Waals surface area contributed by atoms with Crippen LogP contribution in [-0.4, -0.2) is 16.7 Å². The van der Waals surface area contributed by atoms with Gasteiger partial charge >= 0.3 is 0 Å². The zero-order chi connectivity index (χ0) is 18.1. The number of fused-ring (bicyclic) bond motifs is 1. The third-order valence-electron chi connectivity index (χ3n) is 4.29. The first-order valence-corrected chi connectivity index (χ1v) is 9.08. The van der Waals surface area contributed by atoms with Gasteiger partial charge in [-0.2, -0.15) is 5.26 Å². The van der Waals surface area contributed by atoms with Gasteiger partial charge in [-0.1, -0.05) is 12.1 Å². The molecule has 3 heterocycles. The molecule has 0 fully saturated rings. The van der Waals surface area contributed by atoms with Gasteiger partial charge in [0.1, 0.15) is 4.83 Å². The van der Waals surface area contributed by atoms with Gasteiger partial charge in [0.15, 0.2) is 0 Å². The van der Waals surface area contributed by atoms with E-state index in [9.17, 15) is 0 Å². The fraction of sp³-hybridized carbons (Fsp3) is 0.143. The number of pyridine rings is 1.